The molecular formula is C68H127NO10. The predicted molar refractivity (Wildman–Crippen MR) is 329 cm³/mol. The third-order valence-corrected chi connectivity index (χ3v) is 16.1. The summed E-state index contributed by atoms with van der Waals surface area (Å²) in [5.41, 5.74) is 0. The minimum atomic E-state index is -1.61. The van der Waals surface area contributed by atoms with Gasteiger partial charge in [-0.2, -0.15) is 0 Å². The maximum Gasteiger partial charge on any atom is 0.306 e. The van der Waals surface area contributed by atoms with Crippen LogP contribution in [0.2, 0.25) is 0 Å². The Labute approximate surface area is 485 Å². The van der Waals surface area contributed by atoms with Crippen LogP contribution in [0, 0.1) is 0 Å². The molecule has 0 aromatic heterocycles. The lowest BCUT2D eigenvalue weighted by molar-refractivity contribution is -0.305. The number of hydrogen-bond acceptors (Lipinski definition) is 10. The van der Waals surface area contributed by atoms with E-state index in [0.29, 0.717) is 12.8 Å². The van der Waals surface area contributed by atoms with E-state index in [0.717, 1.165) is 77.0 Å². The van der Waals surface area contributed by atoms with Crippen LogP contribution in [0.25, 0.3) is 0 Å². The highest BCUT2D eigenvalue weighted by Gasteiger charge is 2.47. The Hall–Kier alpha value is -2.12. The lowest BCUT2D eigenvalue weighted by atomic mass is 9.99. The molecule has 0 aliphatic carbocycles. The van der Waals surface area contributed by atoms with Crippen LogP contribution >= 0.6 is 0 Å². The van der Waals surface area contributed by atoms with Gasteiger partial charge in [-0.3, -0.25) is 9.59 Å². The number of aliphatic hydroxyl groups is 5. The number of amides is 1. The van der Waals surface area contributed by atoms with Crippen molar-refractivity contribution in [1.29, 1.82) is 0 Å². The third kappa shape index (κ3) is 44.1. The molecular weight excluding hydrogens is 991 g/mol. The van der Waals surface area contributed by atoms with Gasteiger partial charge in [0.1, 0.15) is 24.4 Å². The molecule has 79 heavy (non-hydrogen) atoms. The third-order valence-electron chi connectivity index (χ3n) is 16.1. The van der Waals surface area contributed by atoms with Crippen molar-refractivity contribution in [2.75, 3.05) is 13.2 Å². The minimum Gasteiger partial charge on any atom is -0.454 e. The smallest absolute Gasteiger partial charge is 0.306 e. The molecule has 0 spiro atoms. The Bertz CT molecular complexity index is 1420. The topological polar surface area (TPSA) is 175 Å². The lowest BCUT2D eigenvalue weighted by Crippen LogP contribution is -2.61. The number of rotatable bonds is 58. The average Bonchev–Trinajstić information content (AvgIpc) is 3.45. The molecule has 1 saturated heterocycles. The van der Waals surface area contributed by atoms with Gasteiger partial charge in [-0.25, -0.2) is 0 Å². The molecule has 1 fully saturated rings. The molecule has 0 radical (unpaired) electrons. The van der Waals surface area contributed by atoms with Gasteiger partial charge in [0.2, 0.25) is 5.91 Å². The van der Waals surface area contributed by atoms with Gasteiger partial charge in [-0.1, -0.05) is 301 Å². The first-order valence-corrected chi connectivity index (χ1v) is 33.8. The monoisotopic (exact) mass is 1120 g/mol. The summed E-state index contributed by atoms with van der Waals surface area (Å²) in [5, 5.41) is 57.0. The van der Waals surface area contributed by atoms with Crippen molar-refractivity contribution in [2.24, 2.45) is 0 Å². The number of carbonyl (C=O) groups is 2. The van der Waals surface area contributed by atoms with Gasteiger partial charge in [0, 0.05) is 6.42 Å². The molecule has 11 nitrogen and oxygen atoms in total. The van der Waals surface area contributed by atoms with Gasteiger partial charge >= 0.3 is 5.97 Å². The second kappa shape index (κ2) is 56.4. The summed E-state index contributed by atoms with van der Waals surface area (Å²) >= 11 is 0. The van der Waals surface area contributed by atoms with Crippen molar-refractivity contribution >= 4 is 11.9 Å². The highest BCUT2D eigenvalue weighted by Crippen LogP contribution is 2.26. The number of hydrogen-bond donors (Lipinski definition) is 6. The highest BCUT2D eigenvalue weighted by atomic mass is 16.7. The molecule has 464 valence electrons. The zero-order chi connectivity index (χ0) is 57.5. The molecule has 1 aliphatic heterocycles. The summed E-state index contributed by atoms with van der Waals surface area (Å²) in [7, 11) is 0. The molecule has 1 heterocycles. The van der Waals surface area contributed by atoms with Crippen LogP contribution in [0.15, 0.2) is 36.5 Å². The summed E-state index contributed by atoms with van der Waals surface area (Å²) in [6, 6.07) is -1.03. The fourth-order valence-corrected chi connectivity index (χ4v) is 10.7. The van der Waals surface area contributed by atoms with Crippen molar-refractivity contribution < 1.29 is 49.3 Å². The molecule has 1 aliphatic rings. The van der Waals surface area contributed by atoms with Crippen LogP contribution in [0.1, 0.15) is 323 Å². The maximum absolute atomic E-state index is 13.4. The van der Waals surface area contributed by atoms with Crippen molar-refractivity contribution in [3.8, 4) is 0 Å². The van der Waals surface area contributed by atoms with E-state index < -0.39 is 67.4 Å². The van der Waals surface area contributed by atoms with Crippen molar-refractivity contribution in [3.63, 3.8) is 0 Å². The Morgan fingerprint density at radius 3 is 1.29 bits per heavy atom. The van der Waals surface area contributed by atoms with Crippen molar-refractivity contribution in [3.05, 3.63) is 36.5 Å². The van der Waals surface area contributed by atoms with Gasteiger partial charge in [-0.05, 0) is 51.4 Å². The molecule has 1 amide bonds. The van der Waals surface area contributed by atoms with Gasteiger partial charge in [0.15, 0.2) is 12.4 Å². The van der Waals surface area contributed by atoms with Gasteiger partial charge in [0.25, 0.3) is 0 Å². The predicted octanol–water partition coefficient (Wildman–Crippen LogP) is 16.6. The number of carbonyl (C=O) groups excluding carboxylic acids is 2. The number of aliphatic hydroxyl groups excluding tert-OH is 5. The van der Waals surface area contributed by atoms with Gasteiger partial charge in [-0.15, -0.1) is 0 Å². The van der Waals surface area contributed by atoms with Gasteiger partial charge in [0.05, 0.1) is 25.4 Å². The molecule has 8 unspecified atom stereocenters. The van der Waals surface area contributed by atoms with E-state index in [1.165, 1.54) is 199 Å². The average molecular weight is 1120 g/mol. The number of esters is 1. The Morgan fingerprint density at radius 2 is 0.861 bits per heavy atom. The fraction of sp³-hybridized carbons (Fsp3) is 0.882. The summed E-state index contributed by atoms with van der Waals surface area (Å²) in [5.74, 6) is -1.19. The number of allylic oxidation sites excluding steroid dienone is 5. The van der Waals surface area contributed by atoms with E-state index in [-0.39, 0.29) is 19.4 Å². The van der Waals surface area contributed by atoms with Crippen molar-refractivity contribution in [1.82, 2.24) is 5.32 Å². The number of nitrogens with one attached hydrogen (secondary N) is 1. The summed E-state index contributed by atoms with van der Waals surface area (Å²) in [6.07, 6.45) is 57.7. The summed E-state index contributed by atoms with van der Waals surface area (Å²) < 4.78 is 17.7. The highest BCUT2D eigenvalue weighted by molar-refractivity contribution is 5.80. The minimum absolute atomic E-state index is 0.127. The molecule has 1 rings (SSSR count). The van der Waals surface area contributed by atoms with Gasteiger partial charge < -0.3 is 45.1 Å². The number of ether oxygens (including phenoxy) is 3. The SMILES string of the molecule is CCCCC/C=C/C=C/CCCCCCCC(O)C(=O)NC(COC1OC(CO)C(O)C(O)C1OC(=O)CCCCCCCCCCCCCCCCCCCCCCCCCCC)C(O)/C=C/CCCCCCCCCCC. The quantitative estimate of drug-likeness (QED) is 0.0149. The molecule has 0 bridgehead atoms. The second-order valence-electron chi connectivity index (χ2n) is 23.6. The molecule has 6 N–H and O–H groups in total. The number of unbranched alkanes of at least 4 members (excludes halogenated alkanes) is 41. The lowest BCUT2D eigenvalue weighted by Gasteiger charge is -2.41. The zero-order valence-electron chi connectivity index (χ0n) is 51.5. The standard InChI is InChI=1S/C68H127NO10/c1-4-7-10-13-16-19-22-24-26-27-28-29-30-31-32-33-34-35-36-38-41-44-47-50-53-56-63(73)79-66-65(75)64(74)62(57-70)78-68(66)77-58-59(60(71)54-51-48-45-42-39-21-18-15-12-9-6-3)69-67(76)61(72)55-52-49-46-43-40-37-25-23-20-17-14-11-8-5-2/h17,20,23,25,51,54,59-62,64-66,68,70-72,74-75H,4-16,18-19,21-22,24,26-50,52-53,55-58H2,1-3H3,(H,69,76)/b20-17+,25-23+,54-51+. The molecule has 8 atom stereocenters. The maximum atomic E-state index is 13.4. The van der Waals surface area contributed by atoms with E-state index in [1.807, 2.05) is 6.08 Å². The largest absolute Gasteiger partial charge is 0.454 e. The van der Waals surface area contributed by atoms with Crippen LogP contribution in [0.5, 0.6) is 0 Å². The van der Waals surface area contributed by atoms with E-state index >= 15 is 0 Å². The Morgan fingerprint density at radius 1 is 0.494 bits per heavy atom. The Kier molecular flexibility index (Phi) is 53.4. The zero-order valence-corrected chi connectivity index (χ0v) is 51.5. The summed E-state index contributed by atoms with van der Waals surface area (Å²) in [6.45, 7) is 5.78. The normalized spacial score (nSPS) is 19.0. The first kappa shape index (κ1) is 74.9. The van der Waals surface area contributed by atoms with E-state index in [1.54, 1.807) is 6.08 Å². The first-order valence-electron chi connectivity index (χ1n) is 33.8. The molecule has 0 saturated carbocycles. The summed E-state index contributed by atoms with van der Waals surface area (Å²) in [4.78, 5) is 26.6. The van der Waals surface area contributed by atoms with Crippen LogP contribution in [-0.4, -0.2) is 99.6 Å². The fourth-order valence-electron chi connectivity index (χ4n) is 10.7. The van der Waals surface area contributed by atoms with Crippen LogP contribution in [-0.2, 0) is 23.8 Å². The molecule has 0 aromatic carbocycles. The molecule has 0 aromatic rings. The second-order valence-corrected chi connectivity index (χ2v) is 23.6. The van der Waals surface area contributed by atoms with Crippen LogP contribution in [0.3, 0.4) is 0 Å². The van der Waals surface area contributed by atoms with E-state index in [9.17, 15) is 35.1 Å². The Balaban J connectivity index is 2.54. The van der Waals surface area contributed by atoms with E-state index in [2.05, 4.69) is 50.4 Å². The molecule has 11 heteroatoms. The first-order chi connectivity index (χ1) is 38.7. The van der Waals surface area contributed by atoms with Crippen molar-refractivity contribution in [2.45, 2.75) is 372 Å². The van der Waals surface area contributed by atoms with E-state index in [4.69, 9.17) is 14.2 Å². The van der Waals surface area contributed by atoms with Crippen LogP contribution in [0.4, 0.5) is 0 Å². The van der Waals surface area contributed by atoms with Crippen LogP contribution < -0.4 is 5.32 Å².